The van der Waals surface area contributed by atoms with Gasteiger partial charge < -0.3 is 0 Å². The fourth-order valence-electron chi connectivity index (χ4n) is 1.17. The fraction of sp³-hybridized carbons (Fsp3) is 0.0909. The molecule has 3 nitrogen and oxygen atoms in total. The van der Waals surface area contributed by atoms with Gasteiger partial charge >= 0.3 is 0 Å². The smallest absolute Gasteiger partial charge is 0.0942 e. The number of thiazole rings is 1. The number of nitrogens with zero attached hydrogens (tertiary/aromatic N) is 2. The molecule has 1 aromatic carbocycles. The Morgan fingerprint density at radius 2 is 2.38 bits per heavy atom. The zero-order valence-corrected chi connectivity index (χ0v) is 10.2. The van der Waals surface area contributed by atoms with E-state index in [2.05, 4.69) is 15.5 Å². The molecular weight excluding hydrogens is 242 g/mol. The molecule has 0 aliphatic heterocycles. The third kappa shape index (κ3) is 3.05. The van der Waals surface area contributed by atoms with Crippen LogP contribution < -0.4 is 5.43 Å². The Balaban J connectivity index is 1.99. The first-order valence-corrected chi connectivity index (χ1v) is 5.96. The lowest BCUT2D eigenvalue weighted by molar-refractivity contribution is 1.27. The monoisotopic (exact) mass is 251 g/mol. The van der Waals surface area contributed by atoms with Crippen LogP contribution in [-0.4, -0.2) is 11.2 Å². The summed E-state index contributed by atoms with van der Waals surface area (Å²) in [5.41, 5.74) is 4.61. The van der Waals surface area contributed by atoms with Gasteiger partial charge in [-0.15, -0.1) is 11.3 Å². The fourth-order valence-corrected chi connectivity index (χ4v) is 1.92. The van der Waals surface area contributed by atoms with Crippen LogP contribution in [0.4, 0.5) is 5.69 Å². The molecule has 1 aromatic heterocycles. The van der Waals surface area contributed by atoms with Gasteiger partial charge in [-0.1, -0.05) is 17.7 Å². The first-order chi connectivity index (χ1) is 7.74. The van der Waals surface area contributed by atoms with E-state index in [1.54, 1.807) is 17.6 Å². The molecule has 16 heavy (non-hydrogen) atoms. The first-order valence-electron chi connectivity index (χ1n) is 4.71. The molecule has 2 rings (SSSR count). The maximum absolute atomic E-state index is 5.84. The minimum Gasteiger partial charge on any atom is -0.278 e. The number of hydrogen-bond acceptors (Lipinski definition) is 4. The van der Waals surface area contributed by atoms with E-state index < -0.39 is 0 Å². The Hall–Kier alpha value is -1.39. The highest BCUT2D eigenvalue weighted by Gasteiger charge is 1.93. The molecule has 5 heteroatoms. The Kier molecular flexibility index (Phi) is 3.54. The molecular formula is C11H10ClN3S. The quantitative estimate of drug-likeness (QED) is 0.669. The number of nitrogens with one attached hydrogen (secondary N) is 1. The third-order valence-electron chi connectivity index (χ3n) is 1.85. The van der Waals surface area contributed by atoms with E-state index >= 15 is 0 Å². The van der Waals surface area contributed by atoms with Gasteiger partial charge in [0.25, 0.3) is 0 Å². The summed E-state index contributed by atoms with van der Waals surface area (Å²) in [6.07, 6.45) is 1.68. The summed E-state index contributed by atoms with van der Waals surface area (Å²) in [5.74, 6) is 0. The minimum atomic E-state index is 0.685. The SMILES string of the molecule is Cc1nc(/C=N\Nc2cccc(Cl)c2)cs1. The number of benzene rings is 1. The third-order valence-corrected chi connectivity index (χ3v) is 2.88. The number of hydrogen-bond donors (Lipinski definition) is 1. The standard InChI is InChI=1S/C11H10ClN3S/c1-8-14-11(7-16-8)6-13-15-10-4-2-3-9(12)5-10/h2-7,15H,1H3/b13-6-. The number of aryl methyl sites for hydroxylation is 1. The average molecular weight is 252 g/mol. The predicted molar refractivity (Wildman–Crippen MR) is 69.5 cm³/mol. The largest absolute Gasteiger partial charge is 0.278 e. The Morgan fingerprint density at radius 1 is 1.50 bits per heavy atom. The second-order valence-corrected chi connectivity index (χ2v) is 4.67. The van der Waals surface area contributed by atoms with E-state index in [-0.39, 0.29) is 0 Å². The lowest BCUT2D eigenvalue weighted by Gasteiger charge is -1.98. The van der Waals surface area contributed by atoms with Crippen molar-refractivity contribution in [3.05, 3.63) is 45.4 Å². The second kappa shape index (κ2) is 5.09. The van der Waals surface area contributed by atoms with Crippen LogP contribution in [0.1, 0.15) is 10.7 Å². The number of halogens is 1. The van der Waals surface area contributed by atoms with Crippen LogP contribution in [0.3, 0.4) is 0 Å². The van der Waals surface area contributed by atoms with Gasteiger partial charge in [0.15, 0.2) is 0 Å². The van der Waals surface area contributed by atoms with E-state index in [0.717, 1.165) is 16.4 Å². The number of hydrazone groups is 1. The molecule has 0 saturated carbocycles. The Labute approximate surface area is 103 Å². The van der Waals surface area contributed by atoms with E-state index in [9.17, 15) is 0 Å². The molecule has 0 spiro atoms. The summed E-state index contributed by atoms with van der Waals surface area (Å²) in [7, 11) is 0. The number of rotatable bonds is 3. The molecule has 1 N–H and O–H groups in total. The summed E-state index contributed by atoms with van der Waals surface area (Å²) in [5, 5.41) is 7.75. The highest BCUT2D eigenvalue weighted by atomic mass is 35.5. The van der Waals surface area contributed by atoms with Gasteiger partial charge in [-0.25, -0.2) is 4.98 Å². The van der Waals surface area contributed by atoms with Gasteiger partial charge in [0.05, 0.1) is 22.6 Å². The highest BCUT2D eigenvalue weighted by molar-refractivity contribution is 7.09. The first kappa shape index (κ1) is 11.1. The van der Waals surface area contributed by atoms with Crippen molar-refractivity contribution < 1.29 is 0 Å². The molecule has 0 amide bonds. The van der Waals surface area contributed by atoms with Crippen molar-refractivity contribution in [3.8, 4) is 0 Å². The number of anilines is 1. The van der Waals surface area contributed by atoms with Gasteiger partial charge in [0.2, 0.25) is 0 Å². The molecule has 2 aromatic rings. The molecule has 0 bridgehead atoms. The zero-order chi connectivity index (χ0) is 11.4. The molecule has 0 atom stereocenters. The van der Waals surface area contributed by atoms with Crippen molar-refractivity contribution in [3.63, 3.8) is 0 Å². The van der Waals surface area contributed by atoms with Gasteiger partial charge in [-0.2, -0.15) is 5.10 Å². The van der Waals surface area contributed by atoms with E-state index in [1.807, 2.05) is 36.6 Å². The van der Waals surface area contributed by atoms with Crippen molar-refractivity contribution in [2.75, 3.05) is 5.43 Å². The topological polar surface area (TPSA) is 37.3 Å². The van der Waals surface area contributed by atoms with Gasteiger partial charge in [0.1, 0.15) is 0 Å². The van der Waals surface area contributed by atoms with Gasteiger partial charge in [-0.05, 0) is 25.1 Å². The van der Waals surface area contributed by atoms with Gasteiger partial charge in [-0.3, -0.25) is 5.43 Å². The van der Waals surface area contributed by atoms with Crippen molar-refractivity contribution >= 4 is 34.8 Å². The van der Waals surface area contributed by atoms with Crippen molar-refractivity contribution in [2.24, 2.45) is 5.10 Å². The maximum atomic E-state index is 5.84. The maximum Gasteiger partial charge on any atom is 0.0942 e. The molecule has 0 unspecified atom stereocenters. The van der Waals surface area contributed by atoms with Crippen LogP contribution in [0.5, 0.6) is 0 Å². The van der Waals surface area contributed by atoms with Crippen molar-refractivity contribution in [2.45, 2.75) is 6.92 Å². The highest BCUT2D eigenvalue weighted by Crippen LogP contribution is 2.14. The summed E-state index contributed by atoms with van der Waals surface area (Å²) in [6.45, 7) is 1.96. The van der Waals surface area contributed by atoms with E-state index in [4.69, 9.17) is 11.6 Å². The van der Waals surface area contributed by atoms with E-state index in [0.29, 0.717) is 5.02 Å². The Bertz CT molecular complexity index is 507. The normalized spacial score (nSPS) is 10.9. The van der Waals surface area contributed by atoms with Gasteiger partial charge in [0, 0.05) is 10.4 Å². The van der Waals surface area contributed by atoms with Crippen LogP contribution >= 0.6 is 22.9 Å². The molecule has 0 aliphatic rings. The van der Waals surface area contributed by atoms with Crippen LogP contribution in [0.15, 0.2) is 34.7 Å². The summed E-state index contributed by atoms with van der Waals surface area (Å²) < 4.78 is 0. The molecule has 82 valence electrons. The second-order valence-electron chi connectivity index (χ2n) is 3.17. The van der Waals surface area contributed by atoms with Crippen LogP contribution in [0.25, 0.3) is 0 Å². The van der Waals surface area contributed by atoms with Crippen LogP contribution in [0.2, 0.25) is 5.02 Å². The average Bonchev–Trinajstić information content (AvgIpc) is 2.64. The zero-order valence-electron chi connectivity index (χ0n) is 8.64. The molecule has 0 saturated heterocycles. The molecule has 0 fully saturated rings. The summed E-state index contributed by atoms with van der Waals surface area (Å²) in [6, 6.07) is 7.40. The number of aromatic nitrogens is 1. The summed E-state index contributed by atoms with van der Waals surface area (Å²) >= 11 is 7.44. The minimum absolute atomic E-state index is 0.685. The molecule has 1 heterocycles. The van der Waals surface area contributed by atoms with Crippen LogP contribution in [-0.2, 0) is 0 Å². The van der Waals surface area contributed by atoms with Crippen LogP contribution in [0, 0.1) is 6.92 Å². The van der Waals surface area contributed by atoms with Crippen molar-refractivity contribution in [1.29, 1.82) is 0 Å². The Morgan fingerprint density at radius 3 is 3.06 bits per heavy atom. The summed E-state index contributed by atoms with van der Waals surface area (Å²) in [4.78, 5) is 4.26. The van der Waals surface area contributed by atoms with Crippen molar-refractivity contribution in [1.82, 2.24) is 4.98 Å². The van der Waals surface area contributed by atoms with E-state index in [1.165, 1.54) is 0 Å². The molecule has 0 aliphatic carbocycles. The lowest BCUT2D eigenvalue weighted by Crippen LogP contribution is -1.90. The lowest BCUT2D eigenvalue weighted by atomic mass is 10.3. The molecule has 0 radical (unpaired) electrons. The predicted octanol–water partition coefficient (Wildman–Crippen LogP) is 3.55.